The maximum Gasteiger partial charge on any atom is 0.229 e. The summed E-state index contributed by atoms with van der Waals surface area (Å²) in [6, 6.07) is 18.0. The van der Waals surface area contributed by atoms with E-state index in [9.17, 15) is 4.79 Å². The van der Waals surface area contributed by atoms with E-state index in [0.717, 1.165) is 33.4 Å². The molecule has 2 aromatic carbocycles. The molecule has 130 valence electrons. The van der Waals surface area contributed by atoms with Gasteiger partial charge >= 0.3 is 0 Å². The third kappa shape index (κ3) is 2.73. The molecule has 0 aliphatic rings. The number of nitrogens with zero attached hydrogens (tertiary/aromatic N) is 1. The van der Waals surface area contributed by atoms with Crippen LogP contribution in [0.1, 0.15) is 20.8 Å². The molecule has 4 aromatic rings. The summed E-state index contributed by atoms with van der Waals surface area (Å²) in [6.45, 7) is 5.71. The molecule has 0 saturated carbocycles. The number of benzene rings is 2. The minimum atomic E-state index is -0.465. The van der Waals surface area contributed by atoms with Gasteiger partial charge < -0.3 is 10.3 Å². The largest absolute Gasteiger partial charge is 0.353 e. The zero-order chi connectivity index (χ0) is 18.3. The molecule has 0 saturated heterocycles. The molecule has 26 heavy (non-hydrogen) atoms. The summed E-state index contributed by atoms with van der Waals surface area (Å²) in [5.74, 6) is -0.0197. The molecule has 2 N–H and O–H groups in total. The Hall–Kier alpha value is -3.14. The van der Waals surface area contributed by atoms with Gasteiger partial charge in [-0.1, -0.05) is 57.2 Å². The minimum Gasteiger partial charge on any atom is -0.353 e. The summed E-state index contributed by atoms with van der Waals surface area (Å²) >= 11 is 0. The number of aromatic nitrogens is 2. The van der Waals surface area contributed by atoms with Gasteiger partial charge in [-0.25, -0.2) is 0 Å². The first-order valence-corrected chi connectivity index (χ1v) is 8.71. The Bertz CT molecular complexity index is 1120. The highest BCUT2D eigenvalue weighted by atomic mass is 16.2. The predicted molar refractivity (Wildman–Crippen MR) is 107 cm³/mol. The number of hydrogen-bond acceptors (Lipinski definition) is 2. The lowest BCUT2D eigenvalue weighted by atomic mass is 9.95. The van der Waals surface area contributed by atoms with Crippen molar-refractivity contribution in [2.45, 2.75) is 20.8 Å². The fourth-order valence-corrected chi connectivity index (χ4v) is 3.09. The van der Waals surface area contributed by atoms with Gasteiger partial charge in [-0.05, 0) is 18.2 Å². The molecule has 0 bridgehead atoms. The Labute approximate surface area is 152 Å². The number of amides is 1. The number of carbonyl (C=O) groups is 1. The van der Waals surface area contributed by atoms with Crippen LogP contribution in [-0.4, -0.2) is 15.9 Å². The maximum atomic E-state index is 12.5. The second kappa shape index (κ2) is 5.99. The van der Waals surface area contributed by atoms with Crippen LogP contribution in [0.15, 0.2) is 60.8 Å². The van der Waals surface area contributed by atoms with Crippen LogP contribution in [0, 0.1) is 5.41 Å². The Morgan fingerprint density at radius 1 is 0.962 bits per heavy atom. The lowest BCUT2D eigenvalue weighted by Gasteiger charge is -2.19. The molecule has 0 aliphatic carbocycles. The number of aromatic amines is 1. The van der Waals surface area contributed by atoms with E-state index in [-0.39, 0.29) is 5.91 Å². The van der Waals surface area contributed by atoms with Crippen LogP contribution < -0.4 is 5.32 Å². The van der Waals surface area contributed by atoms with E-state index in [1.807, 2.05) is 69.4 Å². The SMILES string of the molecule is CC(C)(C)C(=O)Nc1ccccc1-c1nccc2c1[nH]c1ccccc12. The second-order valence-electron chi connectivity index (χ2n) is 7.50. The molecule has 1 amide bonds. The number of pyridine rings is 1. The fourth-order valence-electron chi connectivity index (χ4n) is 3.09. The molecule has 2 aromatic heterocycles. The quantitative estimate of drug-likeness (QED) is 0.514. The smallest absolute Gasteiger partial charge is 0.229 e. The predicted octanol–water partition coefficient (Wildman–Crippen LogP) is 5.37. The highest BCUT2D eigenvalue weighted by Gasteiger charge is 2.23. The van der Waals surface area contributed by atoms with Gasteiger partial charge in [-0.2, -0.15) is 0 Å². The van der Waals surface area contributed by atoms with Crippen molar-refractivity contribution in [1.29, 1.82) is 0 Å². The number of carbonyl (C=O) groups excluding carboxylic acids is 1. The summed E-state index contributed by atoms with van der Waals surface area (Å²) in [5.41, 5.74) is 4.10. The molecule has 0 aliphatic heterocycles. The molecular weight excluding hydrogens is 322 g/mol. The van der Waals surface area contributed by atoms with Crippen LogP contribution in [0.3, 0.4) is 0 Å². The highest BCUT2D eigenvalue weighted by molar-refractivity contribution is 6.12. The first-order chi connectivity index (χ1) is 12.4. The molecule has 0 radical (unpaired) electrons. The lowest BCUT2D eigenvalue weighted by Crippen LogP contribution is -2.27. The molecule has 0 spiro atoms. The van der Waals surface area contributed by atoms with Gasteiger partial charge in [0.15, 0.2) is 0 Å². The molecule has 4 rings (SSSR count). The Morgan fingerprint density at radius 3 is 2.50 bits per heavy atom. The summed E-state index contributed by atoms with van der Waals surface area (Å²) in [4.78, 5) is 20.6. The van der Waals surface area contributed by atoms with E-state index >= 15 is 0 Å². The van der Waals surface area contributed by atoms with Crippen LogP contribution in [0.25, 0.3) is 33.1 Å². The number of fused-ring (bicyclic) bond motifs is 3. The average Bonchev–Trinajstić information content (AvgIpc) is 3.00. The summed E-state index contributed by atoms with van der Waals surface area (Å²) in [6.07, 6.45) is 1.82. The molecule has 4 heteroatoms. The van der Waals surface area contributed by atoms with Gasteiger partial charge in [-0.15, -0.1) is 0 Å². The van der Waals surface area contributed by atoms with Crippen molar-refractivity contribution in [2.75, 3.05) is 5.32 Å². The zero-order valence-corrected chi connectivity index (χ0v) is 15.1. The molecule has 0 atom stereocenters. The number of rotatable bonds is 2. The summed E-state index contributed by atoms with van der Waals surface area (Å²) in [7, 11) is 0. The van der Waals surface area contributed by atoms with Crippen molar-refractivity contribution >= 4 is 33.4 Å². The normalized spacial score (nSPS) is 11.8. The molecule has 4 nitrogen and oxygen atoms in total. The molecule has 2 heterocycles. The van der Waals surface area contributed by atoms with E-state index in [2.05, 4.69) is 27.4 Å². The zero-order valence-electron chi connectivity index (χ0n) is 15.1. The average molecular weight is 343 g/mol. The Balaban J connectivity index is 1.90. The van der Waals surface area contributed by atoms with Gasteiger partial charge in [-0.3, -0.25) is 9.78 Å². The second-order valence-corrected chi connectivity index (χ2v) is 7.50. The fraction of sp³-hybridized carbons (Fsp3) is 0.182. The van der Waals surface area contributed by atoms with E-state index in [4.69, 9.17) is 0 Å². The summed E-state index contributed by atoms with van der Waals surface area (Å²) in [5, 5.41) is 5.35. The van der Waals surface area contributed by atoms with E-state index < -0.39 is 5.41 Å². The first kappa shape index (κ1) is 16.3. The van der Waals surface area contributed by atoms with E-state index in [0.29, 0.717) is 0 Å². The minimum absolute atomic E-state index is 0.0197. The van der Waals surface area contributed by atoms with Crippen molar-refractivity contribution in [3.63, 3.8) is 0 Å². The van der Waals surface area contributed by atoms with Crippen LogP contribution in [-0.2, 0) is 4.79 Å². The Kier molecular flexibility index (Phi) is 3.76. The van der Waals surface area contributed by atoms with E-state index in [1.54, 1.807) is 0 Å². The van der Waals surface area contributed by atoms with Gasteiger partial charge in [0.2, 0.25) is 5.91 Å². The van der Waals surface area contributed by atoms with Gasteiger partial charge in [0.1, 0.15) is 0 Å². The Morgan fingerprint density at radius 2 is 1.69 bits per heavy atom. The van der Waals surface area contributed by atoms with Crippen LogP contribution >= 0.6 is 0 Å². The molecular formula is C22H21N3O. The van der Waals surface area contributed by atoms with E-state index in [1.165, 1.54) is 5.39 Å². The van der Waals surface area contributed by atoms with Crippen molar-refractivity contribution in [1.82, 2.24) is 9.97 Å². The molecule has 0 unspecified atom stereocenters. The standard InChI is InChI=1S/C22H21N3O/c1-22(2,3)21(26)25-18-11-7-5-9-16(18)19-20-15(12-13-23-19)14-8-4-6-10-17(14)24-20/h4-13,24H,1-3H3,(H,25,26). The van der Waals surface area contributed by atoms with Gasteiger partial charge in [0, 0.05) is 33.5 Å². The van der Waals surface area contributed by atoms with Crippen LogP contribution in [0.5, 0.6) is 0 Å². The number of anilines is 1. The van der Waals surface area contributed by atoms with Crippen LogP contribution in [0.4, 0.5) is 5.69 Å². The van der Waals surface area contributed by atoms with Crippen molar-refractivity contribution < 1.29 is 4.79 Å². The molecule has 0 fully saturated rings. The van der Waals surface area contributed by atoms with Gasteiger partial charge in [0.05, 0.1) is 16.9 Å². The number of hydrogen-bond donors (Lipinski definition) is 2. The number of para-hydroxylation sites is 2. The highest BCUT2D eigenvalue weighted by Crippen LogP contribution is 2.35. The monoisotopic (exact) mass is 343 g/mol. The van der Waals surface area contributed by atoms with Crippen LogP contribution in [0.2, 0.25) is 0 Å². The van der Waals surface area contributed by atoms with Crippen molar-refractivity contribution in [3.8, 4) is 11.3 Å². The first-order valence-electron chi connectivity index (χ1n) is 8.71. The summed E-state index contributed by atoms with van der Waals surface area (Å²) < 4.78 is 0. The van der Waals surface area contributed by atoms with Gasteiger partial charge in [0.25, 0.3) is 0 Å². The third-order valence-corrected chi connectivity index (χ3v) is 4.54. The lowest BCUT2D eigenvalue weighted by molar-refractivity contribution is -0.123. The van der Waals surface area contributed by atoms with Crippen molar-refractivity contribution in [3.05, 3.63) is 60.8 Å². The topological polar surface area (TPSA) is 57.8 Å². The maximum absolute atomic E-state index is 12.5. The number of nitrogens with one attached hydrogen (secondary N) is 2. The van der Waals surface area contributed by atoms with Crippen molar-refractivity contribution in [2.24, 2.45) is 5.41 Å². The third-order valence-electron chi connectivity index (χ3n) is 4.54. The number of H-pyrrole nitrogens is 1.